The normalized spacial score (nSPS) is 14.8. The second-order valence-corrected chi connectivity index (χ2v) is 14.0. The van der Waals surface area contributed by atoms with Crippen LogP contribution in [-0.2, 0) is 11.3 Å². The molecular formula is C21H34N2OSi. The summed E-state index contributed by atoms with van der Waals surface area (Å²) in [6.07, 6.45) is 0. The molecule has 0 amide bonds. The van der Waals surface area contributed by atoms with E-state index in [0.717, 1.165) is 11.1 Å². The summed E-state index contributed by atoms with van der Waals surface area (Å²) in [5.41, 5.74) is 2.11. The molecule has 25 heavy (non-hydrogen) atoms. The van der Waals surface area contributed by atoms with Crippen LogP contribution < -0.4 is 0 Å². The zero-order valence-corrected chi connectivity index (χ0v) is 18.0. The molecule has 138 valence electrons. The highest BCUT2D eigenvalue weighted by Gasteiger charge is 2.45. The molecule has 0 saturated heterocycles. The maximum Gasteiger partial charge on any atom is 0.0903 e. The third-order valence-corrected chi connectivity index (χ3v) is 11.4. The highest BCUT2D eigenvalue weighted by Crippen LogP contribution is 2.40. The van der Waals surface area contributed by atoms with Crippen molar-refractivity contribution in [2.24, 2.45) is 0 Å². The lowest BCUT2D eigenvalue weighted by atomic mass is 10.1. The van der Waals surface area contributed by atoms with Crippen molar-refractivity contribution in [1.29, 1.82) is 5.26 Å². The van der Waals surface area contributed by atoms with Gasteiger partial charge >= 0.3 is 0 Å². The van der Waals surface area contributed by atoms with Gasteiger partial charge in [-0.1, -0.05) is 76.3 Å². The van der Waals surface area contributed by atoms with Crippen molar-refractivity contribution in [3.63, 3.8) is 0 Å². The fourth-order valence-corrected chi connectivity index (χ4v) is 5.16. The largest absolute Gasteiger partial charge is 0.375 e. The molecule has 3 nitrogen and oxygen atoms in total. The van der Waals surface area contributed by atoms with Crippen molar-refractivity contribution in [1.82, 2.24) is 4.90 Å². The van der Waals surface area contributed by atoms with Gasteiger partial charge in [0.15, 0.2) is 0 Å². The van der Waals surface area contributed by atoms with E-state index in [0.29, 0.717) is 13.2 Å². The number of hydrogen-bond donors (Lipinski definition) is 0. The number of nitrogens with zero attached hydrogens (tertiary/aromatic N) is 2. The van der Waals surface area contributed by atoms with E-state index in [1.807, 2.05) is 32.2 Å². The van der Waals surface area contributed by atoms with E-state index in [2.05, 4.69) is 63.5 Å². The molecule has 2 atom stereocenters. The van der Waals surface area contributed by atoms with Crippen molar-refractivity contribution in [2.75, 3.05) is 13.7 Å². The topological polar surface area (TPSA) is 36.3 Å². The highest BCUT2D eigenvalue weighted by atomic mass is 28.3. The predicted molar refractivity (Wildman–Crippen MR) is 109 cm³/mol. The van der Waals surface area contributed by atoms with Crippen LogP contribution >= 0.6 is 0 Å². The summed E-state index contributed by atoms with van der Waals surface area (Å²) in [4.78, 5) is 2.19. The fraction of sp³-hybridized carbons (Fsp3) is 0.571. The number of likely N-dealkylation sites (N-methyl/N-ethyl adjacent to an activating group) is 1. The second kappa shape index (κ2) is 8.80. The van der Waals surface area contributed by atoms with Gasteiger partial charge in [0.25, 0.3) is 0 Å². The molecule has 0 aliphatic heterocycles. The van der Waals surface area contributed by atoms with Gasteiger partial charge in [-0.2, -0.15) is 5.26 Å². The second-order valence-electron chi connectivity index (χ2n) is 8.53. The summed E-state index contributed by atoms with van der Waals surface area (Å²) in [5, 5.41) is 10.0. The Balaban J connectivity index is 2.86. The van der Waals surface area contributed by atoms with Crippen LogP contribution in [-0.4, -0.2) is 38.3 Å². The van der Waals surface area contributed by atoms with Crippen molar-refractivity contribution in [3.8, 4) is 6.07 Å². The van der Waals surface area contributed by atoms with Crippen LogP contribution in [0.2, 0.25) is 18.1 Å². The van der Waals surface area contributed by atoms with Crippen LogP contribution in [0.3, 0.4) is 0 Å². The van der Waals surface area contributed by atoms with Gasteiger partial charge in [-0.3, -0.25) is 4.90 Å². The third-order valence-electron chi connectivity index (χ3n) is 5.59. The van der Waals surface area contributed by atoms with Gasteiger partial charge < -0.3 is 4.74 Å². The van der Waals surface area contributed by atoms with E-state index in [1.165, 1.54) is 0 Å². The minimum atomic E-state index is -1.84. The molecule has 0 aromatic heterocycles. The Labute approximate surface area is 155 Å². The first-order valence-electron chi connectivity index (χ1n) is 8.91. The molecule has 1 aromatic rings. The van der Waals surface area contributed by atoms with Crippen LogP contribution in [0.4, 0.5) is 0 Å². The fourth-order valence-electron chi connectivity index (χ4n) is 2.82. The summed E-state index contributed by atoms with van der Waals surface area (Å²) in [6.45, 7) is 18.7. The standard InChI is InChI=1S/C21H34N2OSi/c1-17(2)19(16-24-15-18-12-10-9-11-13-18)23(6)20(14-22)25(7,8)21(3,4)5/h9-13,19-20H,1,15-16H2,2-8H3. The smallest absolute Gasteiger partial charge is 0.0903 e. The predicted octanol–water partition coefficient (Wildman–Crippen LogP) is 5.02. The molecule has 1 aromatic carbocycles. The average molecular weight is 359 g/mol. The van der Waals surface area contributed by atoms with Gasteiger partial charge in [0, 0.05) is 0 Å². The first kappa shape index (κ1) is 21.6. The molecule has 0 fully saturated rings. The van der Waals surface area contributed by atoms with E-state index < -0.39 is 8.07 Å². The lowest BCUT2D eigenvalue weighted by Gasteiger charge is -2.45. The van der Waals surface area contributed by atoms with E-state index >= 15 is 0 Å². The summed E-state index contributed by atoms with van der Waals surface area (Å²) in [6, 6.07) is 12.8. The SMILES string of the molecule is C=C(C)C(COCc1ccccc1)N(C)C(C#N)[Si](C)(C)C(C)(C)C. The molecule has 0 aliphatic rings. The zero-order chi connectivity index (χ0) is 19.3. The van der Waals surface area contributed by atoms with E-state index in [1.54, 1.807) is 0 Å². The summed E-state index contributed by atoms with van der Waals surface area (Å²) in [5.74, 6) is 0. The molecule has 4 heteroatoms. The van der Waals surface area contributed by atoms with Gasteiger partial charge in [0.1, 0.15) is 0 Å². The monoisotopic (exact) mass is 358 g/mol. The minimum absolute atomic E-state index is 0.0440. The Kier molecular flexibility index (Phi) is 7.61. The molecule has 0 bridgehead atoms. The summed E-state index contributed by atoms with van der Waals surface area (Å²) >= 11 is 0. The van der Waals surface area contributed by atoms with Crippen LogP contribution in [0, 0.1) is 11.3 Å². The number of ether oxygens (including phenoxy) is 1. The van der Waals surface area contributed by atoms with Crippen LogP contribution in [0.5, 0.6) is 0 Å². The first-order valence-corrected chi connectivity index (χ1v) is 12.0. The molecule has 0 heterocycles. The first-order chi connectivity index (χ1) is 11.5. The van der Waals surface area contributed by atoms with Gasteiger partial charge in [0.05, 0.1) is 39.1 Å². The van der Waals surface area contributed by atoms with E-state index in [9.17, 15) is 5.26 Å². The van der Waals surface area contributed by atoms with Gasteiger partial charge in [-0.25, -0.2) is 0 Å². The van der Waals surface area contributed by atoms with Crippen molar-refractivity contribution in [3.05, 3.63) is 48.0 Å². The van der Waals surface area contributed by atoms with Crippen LogP contribution in [0.1, 0.15) is 33.3 Å². The maximum absolute atomic E-state index is 9.90. The number of hydrogen-bond acceptors (Lipinski definition) is 3. The van der Waals surface area contributed by atoms with Crippen LogP contribution in [0.15, 0.2) is 42.5 Å². The molecule has 0 saturated carbocycles. The van der Waals surface area contributed by atoms with Crippen molar-refractivity contribution < 1.29 is 4.74 Å². The van der Waals surface area contributed by atoms with Crippen LogP contribution in [0.25, 0.3) is 0 Å². The molecule has 0 N–H and O–H groups in total. The van der Waals surface area contributed by atoms with Gasteiger partial charge in [-0.15, -0.1) is 0 Å². The minimum Gasteiger partial charge on any atom is -0.375 e. The van der Waals surface area contributed by atoms with Crippen molar-refractivity contribution in [2.45, 2.75) is 64.1 Å². The number of nitriles is 1. The molecule has 0 spiro atoms. The molecule has 0 radical (unpaired) electrons. The Morgan fingerprint density at radius 2 is 1.84 bits per heavy atom. The van der Waals surface area contributed by atoms with E-state index in [-0.39, 0.29) is 16.7 Å². The average Bonchev–Trinajstić information content (AvgIpc) is 2.51. The van der Waals surface area contributed by atoms with Gasteiger partial charge in [0.2, 0.25) is 0 Å². The number of rotatable bonds is 8. The lowest BCUT2D eigenvalue weighted by molar-refractivity contribution is 0.0720. The lowest BCUT2D eigenvalue weighted by Crippen LogP contribution is -2.59. The van der Waals surface area contributed by atoms with E-state index in [4.69, 9.17) is 4.74 Å². The Bertz CT molecular complexity index is 599. The molecule has 2 unspecified atom stereocenters. The maximum atomic E-state index is 9.90. The number of benzene rings is 1. The summed E-state index contributed by atoms with van der Waals surface area (Å²) < 4.78 is 5.96. The van der Waals surface area contributed by atoms with Gasteiger partial charge in [-0.05, 0) is 24.6 Å². The summed E-state index contributed by atoms with van der Waals surface area (Å²) in [7, 11) is 0.200. The third kappa shape index (κ3) is 5.54. The molecule has 1 rings (SSSR count). The van der Waals surface area contributed by atoms with Crippen molar-refractivity contribution >= 4 is 8.07 Å². The Hall–Kier alpha value is -1.41. The Morgan fingerprint density at radius 1 is 1.28 bits per heavy atom. The zero-order valence-electron chi connectivity index (χ0n) is 17.0. The highest BCUT2D eigenvalue weighted by molar-refractivity contribution is 6.82. The molecular weight excluding hydrogens is 324 g/mol. The quantitative estimate of drug-likeness (QED) is 0.483. The Morgan fingerprint density at radius 3 is 2.28 bits per heavy atom. The molecule has 0 aliphatic carbocycles.